The highest BCUT2D eigenvalue weighted by atomic mass is 16.6. The van der Waals surface area contributed by atoms with E-state index in [-0.39, 0.29) is 22.6 Å². The van der Waals surface area contributed by atoms with E-state index >= 15 is 0 Å². The Bertz CT molecular complexity index is 519. The number of anilines is 1. The Morgan fingerprint density at radius 3 is 2.89 bits per heavy atom. The number of nitriles is 1. The number of nitrogens with one attached hydrogen (secondary N) is 1. The molecule has 0 bridgehead atoms. The van der Waals surface area contributed by atoms with Gasteiger partial charge in [-0.05, 0) is 19.3 Å². The summed E-state index contributed by atoms with van der Waals surface area (Å²) in [4.78, 5) is 14.2. The zero-order valence-electron chi connectivity index (χ0n) is 9.72. The fraction of sp³-hybridized carbons (Fsp3) is 0.455. The van der Waals surface area contributed by atoms with E-state index in [1.165, 1.54) is 12.3 Å². The van der Waals surface area contributed by atoms with E-state index in [4.69, 9.17) is 11.0 Å². The van der Waals surface area contributed by atoms with Crippen molar-refractivity contribution in [2.45, 2.75) is 24.8 Å². The summed E-state index contributed by atoms with van der Waals surface area (Å²) in [6, 6.07) is 3.03. The molecule has 2 rings (SSSR count). The topological polar surface area (TPSA) is 118 Å². The lowest BCUT2D eigenvalue weighted by molar-refractivity contribution is -0.384. The second-order valence-electron chi connectivity index (χ2n) is 4.53. The number of hydrogen-bond donors (Lipinski definition) is 2. The Labute approximate surface area is 104 Å². The monoisotopic (exact) mass is 247 g/mol. The van der Waals surface area contributed by atoms with E-state index in [9.17, 15) is 10.1 Å². The summed E-state index contributed by atoms with van der Waals surface area (Å²) in [7, 11) is 0. The molecule has 0 unspecified atom stereocenters. The second kappa shape index (κ2) is 4.58. The molecule has 18 heavy (non-hydrogen) atoms. The first-order valence-electron chi connectivity index (χ1n) is 5.61. The van der Waals surface area contributed by atoms with Crippen LogP contribution < -0.4 is 11.1 Å². The van der Waals surface area contributed by atoms with Gasteiger partial charge in [-0.15, -0.1) is 0 Å². The van der Waals surface area contributed by atoms with Crippen molar-refractivity contribution in [3.05, 3.63) is 27.9 Å². The number of hydrogen-bond acceptors (Lipinski definition) is 6. The molecule has 0 aliphatic heterocycles. The van der Waals surface area contributed by atoms with Gasteiger partial charge >= 0.3 is 5.69 Å². The fourth-order valence-corrected chi connectivity index (χ4v) is 1.86. The van der Waals surface area contributed by atoms with Crippen LogP contribution in [0.15, 0.2) is 12.3 Å². The van der Waals surface area contributed by atoms with Gasteiger partial charge < -0.3 is 11.1 Å². The van der Waals surface area contributed by atoms with Crippen LogP contribution in [-0.4, -0.2) is 22.0 Å². The molecule has 1 aliphatic carbocycles. The van der Waals surface area contributed by atoms with E-state index in [0.717, 1.165) is 19.3 Å². The average Bonchev–Trinajstić information content (AvgIpc) is 2.33. The summed E-state index contributed by atoms with van der Waals surface area (Å²) in [5, 5.41) is 22.5. The van der Waals surface area contributed by atoms with Crippen LogP contribution in [0, 0.1) is 21.4 Å². The van der Waals surface area contributed by atoms with Crippen molar-refractivity contribution in [2.24, 2.45) is 5.73 Å². The maximum Gasteiger partial charge on any atom is 0.312 e. The number of nitrogens with zero attached hydrogens (tertiary/aromatic N) is 3. The first-order valence-corrected chi connectivity index (χ1v) is 5.61. The van der Waals surface area contributed by atoms with E-state index in [1.807, 2.05) is 6.07 Å². The van der Waals surface area contributed by atoms with E-state index in [2.05, 4.69) is 10.3 Å². The smallest absolute Gasteiger partial charge is 0.312 e. The molecule has 1 aromatic heterocycles. The molecule has 7 heteroatoms. The first-order chi connectivity index (χ1) is 8.54. The molecule has 0 aromatic carbocycles. The number of pyridine rings is 1. The van der Waals surface area contributed by atoms with Gasteiger partial charge in [0, 0.05) is 24.3 Å². The number of nitro groups is 1. The molecule has 7 nitrogen and oxygen atoms in total. The molecule has 0 saturated heterocycles. The van der Waals surface area contributed by atoms with Crippen molar-refractivity contribution in [3.63, 3.8) is 0 Å². The van der Waals surface area contributed by atoms with E-state index < -0.39 is 4.92 Å². The lowest BCUT2D eigenvalue weighted by Gasteiger charge is -2.38. The third-order valence-corrected chi connectivity index (χ3v) is 3.15. The quantitative estimate of drug-likeness (QED) is 0.608. The van der Waals surface area contributed by atoms with Crippen molar-refractivity contribution < 1.29 is 4.92 Å². The van der Waals surface area contributed by atoms with Crippen molar-refractivity contribution in [1.29, 1.82) is 5.26 Å². The summed E-state index contributed by atoms with van der Waals surface area (Å²) in [5.41, 5.74) is 5.70. The largest absolute Gasteiger partial charge is 0.362 e. The summed E-state index contributed by atoms with van der Waals surface area (Å²) < 4.78 is 0. The Morgan fingerprint density at radius 2 is 2.39 bits per heavy atom. The number of rotatable bonds is 4. The van der Waals surface area contributed by atoms with E-state index in [0.29, 0.717) is 6.54 Å². The second-order valence-corrected chi connectivity index (χ2v) is 4.53. The molecule has 1 saturated carbocycles. The minimum atomic E-state index is -0.555. The Hall–Kier alpha value is -2.20. The van der Waals surface area contributed by atoms with Gasteiger partial charge in [-0.1, -0.05) is 0 Å². The highest BCUT2D eigenvalue weighted by molar-refractivity contribution is 5.58. The molecule has 1 aliphatic rings. The molecule has 0 atom stereocenters. The van der Waals surface area contributed by atoms with Gasteiger partial charge in [0.25, 0.3) is 0 Å². The third-order valence-electron chi connectivity index (χ3n) is 3.15. The van der Waals surface area contributed by atoms with Crippen LogP contribution in [0.3, 0.4) is 0 Å². The maximum atomic E-state index is 10.9. The van der Waals surface area contributed by atoms with Crippen molar-refractivity contribution >= 4 is 11.5 Å². The summed E-state index contributed by atoms with van der Waals surface area (Å²) in [6.07, 6.45) is 4.20. The highest BCUT2D eigenvalue weighted by Gasteiger charge is 2.32. The molecule has 0 spiro atoms. The lowest BCUT2D eigenvalue weighted by atomic mass is 9.78. The zero-order valence-corrected chi connectivity index (χ0v) is 9.72. The van der Waals surface area contributed by atoms with Gasteiger partial charge in [0.15, 0.2) is 0 Å². The predicted octanol–water partition coefficient (Wildman–Crippen LogP) is 1.15. The highest BCUT2D eigenvalue weighted by Crippen LogP contribution is 2.30. The SMILES string of the molecule is N#Cc1cnc(NCC2(N)CCC2)c([N+](=O)[O-])c1. The minimum absolute atomic E-state index is 0.163. The molecular formula is C11H13N5O2. The van der Waals surface area contributed by atoms with Crippen LogP contribution in [0.2, 0.25) is 0 Å². The Balaban J connectivity index is 2.16. The molecule has 1 fully saturated rings. The standard InChI is InChI=1S/C11H13N5O2/c12-5-8-4-9(16(17)18)10(14-6-8)15-7-11(13)2-1-3-11/h4,6H,1-3,7,13H2,(H,14,15). The Morgan fingerprint density at radius 1 is 1.67 bits per heavy atom. The van der Waals surface area contributed by atoms with Crippen molar-refractivity contribution in [1.82, 2.24) is 4.98 Å². The summed E-state index contributed by atoms with van der Waals surface area (Å²) in [5.74, 6) is 0.163. The van der Waals surface area contributed by atoms with Gasteiger partial charge in [0.2, 0.25) is 5.82 Å². The van der Waals surface area contributed by atoms with Gasteiger partial charge in [0.05, 0.1) is 10.5 Å². The van der Waals surface area contributed by atoms with Crippen LogP contribution in [0.4, 0.5) is 11.5 Å². The third kappa shape index (κ3) is 2.38. The molecule has 1 aromatic rings. The molecule has 0 amide bonds. The predicted molar refractivity (Wildman–Crippen MR) is 64.9 cm³/mol. The lowest BCUT2D eigenvalue weighted by Crippen LogP contribution is -2.52. The van der Waals surface area contributed by atoms with Crippen molar-refractivity contribution in [2.75, 3.05) is 11.9 Å². The average molecular weight is 247 g/mol. The molecular weight excluding hydrogens is 234 g/mol. The van der Waals surface area contributed by atoms with Crippen LogP contribution in [0.5, 0.6) is 0 Å². The maximum absolute atomic E-state index is 10.9. The number of nitrogens with two attached hydrogens (primary N) is 1. The molecule has 3 N–H and O–H groups in total. The van der Waals surface area contributed by atoms with Crippen LogP contribution >= 0.6 is 0 Å². The minimum Gasteiger partial charge on any atom is -0.362 e. The van der Waals surface area contributed by atoms with E-state index in [1.54, 1.807) is 0 Å². The van der Waals surface area contributed by atoms with Gasteiger partial charge in [-0.25, -0.2) is 4.98 Å². The van der Waals surface area contributed by atoms with Gasteiger partial charge in [0.1, 0.15) is 6.07 Å². The first kappa shape index (κ1) is 12.3. The normalized spacial score (nSPS) is 16.4. The molecule has 0 radical (unpaired) electrons. The van der Waals surface area contributed by atoms with Crippen LogP contribution in [-0.2, 0) is 0 Å². The Kier molecular flexibility index (Phi) is 3.12. The number of aromatic nitrogens is 1. The van der Waals surface area contributed by atoms with Crippen molar-refractivity contribution in [3.8, 4) is 6.07 Å². The van der Waals surface area contributed by atoms with Crippen LogP contribution in [0.25, 0.3) is 0 Å². The molecule has 94 valence electrons. The zero-order chi connectivity index (χ0) is 13.2. The summed E-state index contributed by atoms with van der Waals surface area (Å²) in [6.45, 7) is 0.451. The summed E-state index contributed by atoms with van der Waals surface area (Å²) >= 11 is 0. The van der Waals surface area contributed by atoms with Gasteiger partial charge in [-0.3, -0.25) is 10.1 Å². The van der Waals surface area contributed by atoms with Crippen LogP contribution in [0.1, 0.15) is 24.8 Å². The van der Waals surface area contributed by atoms with Gasteiger partial charge in [-0.2, -0.15) is 5.26 Å². The fourth-order valence-electron chi connectivity index (χ4n) is 1.86. The molecule has 1 heterocycles.